The van der Waals surface area contributed by atoms with Gasteiger partial charge in [-0.05, 0) is 6.42 Å². The molecule has 1 heterocycles. The fourth-order valence-electron chi connectivity index (χ4n) is 1.60. The smallest absolute Gasteiger partial charge is 0.227 e. The summed E-state index contributed by atoms with van der Waals surface area (Å²) in [5.74, 6) is 0.152. The fourth-order valence-corrected chi connectivity index (χ4v) is 1.93. The molecular formula is C11H11NOS. The molecule has 14 heavy (non-hydrogen) atoms. The highest BCUT2D eigenvalue weighted by Crippen LogP contribution is 2.14. The number of thiocarbonyl (C=S) groups is 1. The van der Waals surface area contributed by atoms with Crippen molar-refractivity contribution in [3.8, 4) is 0 Å². The number of hydrogen-bond acceptors (Lipinski definition) is 2. The molecule has 0 N–H and O–H groups in total. The third-order valence-electron chi connectivity index (χ3n) is 2.34. The minimum atomic E-state index is 0.152. The van der Waals surface area contributed by atoms with E-state index in [1.807, 2.05) is 30.3 Å². The summed E-state index contributed by atoms with van der Waals surface area (Å²) in [4.78, 5) is 13.8. The van der Waals surface area contributed by atoms with Crippen molar-refractivity contribution in [1.82, 2.24) is 4.90 Å². The van der Waals surface area contributed by atoms with Crippen molar-refractivity contribution in [2.75, 3.05) is 6.54 Å². The second kappa shape index (κ2) is 3.88. The third kappa shape index (κ3) is 1.68. The Morgan fingerprint density at radius 2 is 2.00 bits per heavy atom. The van der Waals surface area contributed by atoms with Gasteiger partial charge < -0.3 is 4.90 Å². The van der Waals surface area contributed by atoms with Crippen molar-refractivity contribution < 1.29 is 4.79 Å². The lowest BCUT2D eigenvalue weighted by atomic mass is 10.2. The van der Waals surface area contributed by atoms with Gasteiger partial charge in [0.1, 0.15) is 4.99 Å². The topological polar surface area (TPSA) is 20.3 Å². The molecule has 0 atom stereocenters. The van der Waals surface area contributed by atoms with Crippen molar-refractivity contribution in [1.29, 1.82) is 0 Å². The molecule has 1 aromatic rings. The summed E-state index contributed by atoms with van der Waals surface area (Å²) in [5, 5.41) is 0. The monoisotopic (exact) mass is 205 g/mol. The highest BCUT2D eigenvalue weighted by Gasteiger charge is 2.24. The van der Waals surface area contributed by atoms with E-state index in [0.29, 0.717) is 11.4 Å². The molecule has 1 amide bonds. The Labute approximate surface area is 88.5 Å². The summed E-state index contributed by atoms with van der Waals surface area (Å²) < 4.78 is 0. The van der Waals surface area contributed by atoms with Gasteiger partial charge in [-0.1, -0.05) is 42.5 Å². The van der Waals surface area contributed by atoms with Crippen LogP contribution in [-0.4, -0.2) is 22.3 Å². The van der Waals surface area contributed by atoms with Gasteiger partial charge in [-0.15, -0.1) is 0 Å². The molecule has 2 rings (SSSR count). The van der Waals surface area contributed by atoms with Gasteiger partial charge in [0.25, 0.3) is 0 Å². The van der Waals surface area contributed by atoms with E-state index in [0.717, 1.165) is 18.5 Å². The number of amides is 1. The molecule has 1 aliphatic heterocycles. The minimum Gasteiger partial charge on any atom is -0.303 e. The molecule has 0 aliphatic carbocycles. The molecule has 0 aromatic heterocycles. The Balaban J connectivity index is 2.20. The van der Waals surface area contributed by atoms with Gasteiger partial charge in [-0.3, -0.25) is 4.79 Å². The average molecular weight is 205 g/mol. The van der Waals surface area contributed by atoms with Gasteiger partial charge in [0, 0.05) is 18.5 Å². The molecule has 1 aromatic carbocycles. The van der Waals surface area contributed by atoms with Crippen molar-refractivity contribution in [3.05, 3.63) is 35.9 Å². The van der Waals surface area contributed by atoms with E-state index >= 15 is 0 Å². The van der Waals surface area contributed by atoms with E-state index in [1.54, 1.807) is 4.90 Å². The van der Waals surface area contributed by atoms with E-state index in [1.165, 1.54) is 0 Å². The molecule has 1 saturated heterocycles. The van der Waals surface area contributed by atoms with E-state index in [-0.39, 0.29) is 5.91 Å². The van der Waals surface area contributed by atoms with Crippen LogP contribution in [0.1, 0.15) is 18.4 Å². The number of likely N-dealkylation sites (tertiary alicyclic amines) is 1. The fraction of sp³-hybridized carbons (Fsp3) is 0.273. The molecule has 0 unspecified atom stereocenters. The summed E-state index contributed by atoms with van der Waals surface area (Å²) >= 11 is 5.26. The summed E-state index contributed by atoms with van der Waals surface area (Å²) in [6, 6.07) is 9.68. The van der Waals surface area contributed by atoms with Gasteiger partial charge in [0.05, 0.1) is 0 Å². The molecule has 0 bridgehead atoms. The van der Waals surface area contributed by atoms with Gasteiger partial charge in [0.15, 0.2) is 0 Å². The largest absolute Gasteiger partial charge is 0.303 e. The first-order valence-electron chi connectivity index (χ1n) is 4.69. The first kappa shape index (κ1) is 9.34. The number of nitrogens with zero attached hydrogens (tertiary/aromatic N) is 1. The van der Waals surface area contributed by atoms with Crippen LogP contribution >= 0.6 is 12.2 Å². The molecule has 2 nitrogen and oxygen atoms in total. The van der Waals surface area contributed by atoms with Crippen LogP contribution in [0, 0.1) is 0 Å². The van der Waals surface area contributed by atoms with Crippen LogP contribution in [0.15, 0.2) is 30.3 Å². The predicted octanol–water partition coefficient (Wildman–Crippen LogP) is 1.98. The van der Waals surface area contributed by atoms with Crippen molar-refractivity contribution >= 4 is 23.1 Å². The molecule has 1 fully saturated rings. The van der Waals surface area contributed by atoms with E-state index in [9.17, 15) is 4.79 Å². The molecule has 3 heteroatoms. The third-order valence-corrected chi connectivity index (χ3v) is 2.80. The van der Waals surface area contributed by atoms with Crippen LogP contribution < -0.4 is 0 Å². The van der Waals surface area contributed by atoms with Gasteiger partial charge in [-0.2, -0.15) is 0 Å². The van der Waals surface area contributed by atoms with Crippen LogP contribution in [0.3, 0.4) is 0 Å². The lowest BCUT2D eigenvalue weighted by Gasteiger charge is -2.16. The first-order chi connectivity index (χ1) is 6.79. The highest BCUT2D eigenvalue weighted by atomic mass is 32.1. The predicted molar refractivity (Wildman–Crippen MR) is 59.1 cm³/mol. The number of rotatable bonds is 1. The second-order valence-corrected chi connectivity index (χ2v) is 3.71. The van der Waals surface area contributed by atoms with Crippen molar-refractivity contribution in [2.45, 2.75) is 12.8 Å². The van der Waals surface area contributed by atoms with E-state index in [2.05, 4.69) is 0 Å². The van der Waals surface area contributed by atoms with Crippen LogP contribution in [0.5, 0.6) is 0 Å². The zero-order valence-electron chi connectivity index (χ0n) is 7.77. The quantitative estimate of drug-likeness (QED) is 0.653. The number of carbonyl (C=O) groups excluding carboxylic acids is 1. The minimum absolute atomic E-state index is 0.152. The zero-order valence-corrected chi connectivity index (χ0v) is 8.59. The number of benzene rings is 1. The maximum Gasteiger partial charge on any atom is 0.227 e. The maximum absolute atomic E-state index is 11.4. The Hall–Kier alpha value is -1.22. The van der Waals surface area contributed by atoms with E-state index in [4.69, 9.17) is 12.2 Å². The van der Waals surface area contributed by atoms with Crippen molar-refractivity contribution in [3.63, 3.8) is 0 Å². The number of carbonyl (C=O) groups is 1. The Bertz CT molecular complexity index is 361. The Kier molecular flexibility index (Phi) is 2.59. The van der Waals surface area contributed by atoms with Crippen LogP contribution in [-0.2, 0) is 4.79 Å². The average Bonchev–Trinajstić information content (AvgIpc) is 2.65. The number of hydrogen-bond donors (Lipinski definition) is 0. The molecular weight excluding hydrogens is 194 g/mol. The summed E-state index contributed by atoms with van der Waals surface area (Å²) in [5.41, 5.74) is 0.956. The normalized spacial score (nSPS) is 16.0. The molecule has 0 saturated carbocycles. The standard InChI is InChI=1S/C11H11NOS/c13-10-7-4-8-12(10)11(14)9-5-2-1-3-6-9/h1-3,5-6H,4,7-8H2. The van der Waals surface area contributed by atoms with Crippen LogP contribution in [0.4, 0.5) is 0 Å². The van der Waals surface area contributed by atoms with Crippen LogP contribution in [0.2, 0.25) is 0 Å². The Morgan fingerprint density at radius 1 is 1.29 bits per heavy atom. The lowest BCUT2D eigenvalue weighted by molar-refractivity contribution is -0.124. The second-order valence-electron chi connectivity index (χ2n) is 3.32. The first-order valence-corrected chi connectivity index (χ1v) is 5.09. The zero-order chi connectivity index (χ0) is 9.97. The lowest BCUT2D eigenvalue weighted by Crippen LogP contribution is -2.30. The summed E-state index contributed by atoms with van der Waals surface area (Å²) in [6.45, 7) is 0.770. The molecule has 0 spiro atoms. The maximum atomic E-state index is 11.4. The Morgan fingerprint density at radius 3 is 2.57 bits per heavy atom. The molecule has 72 valence electrons. The summed E-state index contributed by atoms with van der Waals surface area (Å²) in [6.07, 6.45) is 1.55. The molecule has 0 radical (unpaired) electrons. The molecule has 1 aliphatic rings. The van der Waals surface area contributed by atoms with E-state index < -0.39 is 0 Å². The summed E-state index contributed by atoms with van der Waals surface area (Å²) in [7, 11) is 0. The SMILES string of the molecule is O=C1CCCN1C(=S)c1ccccc1. The van der Waals surface area contributed by atoms with Gasteiger partial charge >= 0.3 is 0 Å². The van der Waals surface area contributed by atoms with Gasteiger partial charge in [-0.25, -0.2) is 0 Å². The van der Waals surface area contributed by atoms with Crippen molar-refractivity contribution in [2.24, 2.45) is 0 Å². The van der Waals surface area contributed by atoms with Crippen LogP contribution in [0.25, 0.3) is 0 Å². The van der Waals surface area contributed by atoms with Gasteiger partial charge in [0.2, 0.25) is 5.91 Å². The highest BCUT2D eigenvalue weighted by molar-refractivity contribution is 7.80.